The van der Waals surface area contributed by atoms with E-state index in [0.717, 1.165) is 25.7 Å². The van der Waals surface area contributed by atoms with Crippen molar-refractivity contribution in [2.24, 2.45) is 0 Å². The Hall–Kier alpha value is -1.90. The van der Waals surface area contributed by atoms with E-state index in [-0.39, 0.29) is 13.2 Å². The van der Waals surface area contributed by atoms with Gasteiger partial charge >= 0.3 is 12.3 Å². The number of carbonyl (C=O) groups excluding carboxylic acids is 2. The van der Waals surface area contributed by atoms with Gasteiger partial charge in [0, 0.05) is 0 Å². The van der Waals surface area contributed by atoms with E-state index in [1.165, 1.54) is 103 Å². The molecule has 0 aliphatic heterocycles. The molecule has 0 aliphatic carbocycles. The van der Waals surface area contributed by atoms with Crippen molar-refractivity contribution >= 4 is 12.3 Å². The van der Waals surface area contributed by atoms with Gasteiger partial charge < -0.3 is 71.1 Å². The Morgan fingerprint density at radius 2 is 0.343 bits per heavy atom. The Balaban J connectivity index is 3.15. The molecule has 0 spiro atoms. The van der Waals surface area contributed by atoms with E-state index in [9.17, 15) is 9.59 Å². The van der Waals surface area contributed by atoms with Gasteiger partial charge in [0.2, 0.25) is 0 Å². The molecule has 0 bridgehead atoms. The average molecular weight is 971 g/mol. The number of hydrogen-bond acceptors (Lipinski definition) is 17. The molecule has 0 aromatic carbocycles. The summed E-state index contributed by atoms with van der Waals surface area (Å²) in [6.45, 7) is 15.5. The number of ether oxygens (including phenoxy) is 15. The highest BCUT2D eigenvalue weighted by Crippen LogP contribution is 2.12. The van der Waals surface area contributed by atoms with Crippen molar-refractivity contribution in [3.8, 4) is 0 Å². The molecule has 400 valence electrons. The summed E-state index contributed by atoms with van der Waals surface area (Å²) in [5.74, 6) is 0. The molecular weight excluding hydrogens is 873 g/mol. The van der Waals surface area contributed by atoms with Gasteiger partial charge in [0.1, 0.15) is 13.2 Å². The van der Waals surface area contributed by atoms with E-state index in [0.29, 0.717) is 159 Å². The van der Waals surface area contributed by atoms with Crippen molar-refractivity contribution in [1.29, 1.82) is 0 Å². The molecule has 0 amide bonds. The third-order valence-corrected chi connectivity index (χ3v) is 10.1. The van der Waals surface area contributed by atoms with Crippen molar-refractivity contribution in [2.75, 3.05) is 172 Å². The minimum Gasteiger partial charge on any atom is -0.434 e. The summed E-state index contributed by atoms with van der Waals surface area (Å²) >= 11 is 0. The Morgan fingerprint density at radius 1 is 0.194 bits per heavy atom. The van der Waals surface area contributed by atoms with Crippen LogP contribution in [-0.2, 0) is 71.1 Å². The largest absolute Gasteiger partial charge is 0.508 e. The lowest BCUT2D eigenvalue weighted by Gasteiger charge is -2.09. The second-order valence-electron chi connectivity index (χ2n) is 16.0. The molecule has 0 saturated heterocycles. The van der Waals surface area contributed by atoms with Gasteiger partial charge in [0.05, 0.1) is 159 Å². The lowest BCUT2D eigenvalue weighted by atomic mass is 10.1. The maximum absolute atomic E-state index is 11.6. The quantitative estimate of drug-likeness (QED) is 0.0416. The van der Waals surface area contributed by atoms with Gasteiger partial charge in [0.25, 0.3) is 0 Å². The van der Waals surface area contributed by atoms with Crippen LogP contribution in [0.4, 0.5) is 9.59 Å². The highest BCUT2D eigenvalue weighted by Gasteiger charge is 2.05. The van der Waals surface area contributed by atoms with Crippen LogP contribution in [-0.4, -0.2) is 184 Å². The second kappa shape index (κ2) is 60.2. The average Bonchev–Trinajstić information content (AvgIpc) is 3.33. The monoisotopic (exact) mass is 971 g/mol. The van der Waals surface area contributed by atoms with Crippen LogP contribution in [0.3, 0.4) is 0 Å². The summed E-state index contributed by atoms with van der Waals surface area (Å²) in [7, 11) is 0. The lowest BCUT2D eigenvalue weighted by molar-refractivity contribution is -0.0289. The number of rotatable bonds is 58. The SMILES string of the molecule is CCCCCCCCCCCCOC(=O)OCCOCCOCCOCCOCCOCCOCCOCCOCCOCCOCCOCCOC(=O)OCCCCCCCCCCCC. The van der Waals surface area contributed by atoms with Gasteiger partial charge in [-0.15, -0.1) is 0 Å². The van der Waals surface area contributed by atoms with E-state index in [2.05, 4.69) is 13.8 Å². The van der Waals surface area contributed by atoms with E-state index in [4.69, 9.17) is 71.1 Å². The standard InChI is InChI=1S/C50H98O17/c1-3-5-7-9-11-13-15-17-19-21-23-64-49(51)66-47-45-62-43-41-60-39-37-58-35-33-56-31-29-54-27-25-53-26-28-55-30-32-57-34-36-59-38-40-61-42-44-63-46-48-67-50(52)65-24-22-20-18-16-14-12-10-8-6-4-2/h3-48H2,1-2H3. The molecule has 0 radical (unpaired) electrons. The molecular formula is C50H98O17. The lowest BCUT2D eigenvalue weighted by Crippen LogP contribution is -2.16. The summed E-state index contributed by atoms with van der Waals surface area (Å²) in [4.78, 5) is 23.3. The summed E-state index contributed by atoms with van der Waals surface area (Å²) in [5.41, 5.74) is 0. The van der Waals surface area contributed by atoms with Gasteiger partial charge in [-0.25, -0.2) is 9.59 Å². The second-order valence-corrected chi connectivity index (χ2v) is 16.0. The topological polar surface area (TPSA) is 173 Å². The molecule has 0 saturated carbocycles. The molecule has 17 nitrogen and oxygen atoms in total. The Bertz CT molecular complexity index is 878. The van der Waals surface area contributed by atoms with Crippen LogP contribution in [0.1, 0.15) is 142 Å². The van der Waals surface area contributed by atoms with Crippen molar-refractivity contribution < 1.29 is 80.6 Å². The molecule has 0 heterocycles. The molecule has 17 heteroatoms. The smallest absolute Gasteiger partial charge is 0.434 e. The molecule has 0 aromatic rings. The van der Waals surface area contributed by atoms with E-state index in [1.807, 2.05) is 0 Å². The van der Waals surface area contributed by atoms with Crippen LogP contribution in [0.25, 0.3) is 0 Å². The zero-order valence-electron chi connectivity index (χ0n) is 42.5. The zero-order chi connectivity index (χ0) is 48.3. The predicted octanol–water partition coefficient (Wildman–Crippen LogP) is 9.32. The van der Waals surface area contributed by atoms with Crippen molar-refractivity contribution in [1.82, 2.24) is 0 Å². The normalized spacial score (nSPS) is 11.4. The fraction of sp³-hybridized carbons (Fsp3) is 0.960. The molecule has 0 aromatic heterocycles. The molecule has 67 heavy (non-hydrogen) atoms. The van der Waals surface area contributed by atoms with Crippen molar-refractivity contribution in [3.05, 3.63) is 0 Å². The molecule has 0 atom stereocenters. The molecule has 0 rings (SSSR count). The Labute approximate surface area is 406 Å². The minimum absolute atomic E-state index is 0.157. The Kier molecular flexibility index (Phi) is 58.5. The third-order valence-electron chi connectivity index (χ3n) is 10.1. The summed E-state index contributed by atoms with van der Waals surface area (Å²) < 4.78 is 80.6. The minimum atomic E-state index is -0.638. The predicted molar refractivity (Wildman–Crippen MR) is 257 cm³/mol. The van der Waals surface area contributed by atoms with Crippen LogP contribution < -0.4 is 0 Å². The highest BCUT2D eigenvalue weighted by molar-refractivity contribution is 5.60. The van der Waals surface area contributed by atoms with Crippen LogP contribution in [0.15, 0.2) is 0 Å². The number of unbranched alkanes of at least 4 members (excludes halogenated alkanes) is 18. The fourth-order valence-corrected chi connectivity index (χ4v) is 6.24. The van der Waals surface area contributed by atoms with Crippen LogP contribution >= 0.6 is 0 Å². The number of carbonyl (C=O) groups is 2. The molecule has 0 N–H and O–H groups in total. The van der Waals surface area contributed by atoms with Crippen molar-refractivity contribution in [3.63, 3.8) is 0 Å². The van der Waals surface area contributed by atoms with Gasteiger partial charge in [-0.3, -0.25) is 0 Å². The summed E-state index contributed by atoms with van der Waals surface area (Å²) in [6, 6.07) is 0. The van der Waals surface area contributed by atoms with Crippen molar-refractivity contribution in [2.45, 2.75) is 142 Å². The van der Waals surface area contributed by atoms with Crippen LogP contribution in [0.2, 0.25) is 0 Å². The van der Waals surface area contributed by atoms with Crippen LogP contribution in [0, 0.1) is 0 Å². The molecule has 0 unspecified atom stereocenters. The maximum atomic E-state index is 11.6. The third kappa shape index (κ3) is 60.2. The van der Waals surface area contributed by atoms with Gasteiger partial charge in [-0.1, -0.05) is 129 Å². The molecule has 0 aliphatic rings. The maximum Gasteiger partial charge on any atom is 0.508 e. The Morgan fingerprint density at radius 3 is 0.537 bits per heavy atom. The molecule has 0 fully saturated rings. The zero-order valence-corrected chi connectivity index (χ0v) is 42.5. The number of hydrogen-bond donors (Lipinski definition) is 0. The van der Waals surface area contributed by atoms with Gasteiger partial charge in [-0.05, 0) is 12.8 Å². The van der Waals surface area contributed by atoms with E-state index in [1.54, 1.807) is 0 Å². The first-order chi connectivity index (χ1) is 33.2. The highest BCUT2D eigenvalue weighted by atomic mass is 16.7. The van der Waals surface area contributed by atoms with Gasteiger partial charge in [0.15, 0.2) is 0 Å². The van der Waals surface area contributed by atoms with Crippen LogP contribution in [0.5, 0.6) is 0 Å². The first-order valence-corrected chi connectivity index (χ1v) is 26.1. The first kappa shape index (κ1) is 65.1. The fourth-order valence-electron chi connectivity index (χ4n) is 6.24. The van der Waals surface area contributed by atoms with Gasteiger partial charge in [-0.2, -0.15) is 0 Å². The first-order valence-electron chi connectivity index (χ1n) is 26.1. The summed E-state index contributed by atoms with van der Waals surface area (Å²) in [5, 5.41) is 0. The summed E-state index contributed by atoms with van der Waals surface area (Å²) in [6.07, 6.45) is 23.5. The van der Waals surface area contributed by atoms with E-state index < -0.39 is 12.3 Å². The van der Waals surface area contributed by atoms with E-state index >= 15 is 0 Å².